The fourth-order valence-electron chi connectivity index (χ4n) is 1.92. The van der Waals surface area contributed by atoms with Crippen molar-refractivity contribution in [2.24, 2.45) is 13.0 Å². The van der Waals surface area contributed by atoms with Gasteiger partial charge in [0.15, 0.2) is 0 Å². The number of nitrogens with zero attached hydrogens (tertiary/aromatic N) is 3. The van der Waals surface area contributed by atoms with Crippen molar-refractivity contribution >= 4 is 27.5 Å². The Balaban J connectivity index is 2.06. The summed E-state index contributed by atoms with van der Waals surface area (Å²) in [5.41, 5.74) is 1.19. The highest BCUT2D eigenvalue weighted by Gasteiger charge is 2.14. The van der Waals surface area contributed by atoms with Gasteiger partial charge >= 0.3 is 0 Å². The zero-order valence-corrected chi connectivity index (χ0v) is 12.5. The monoisotopic (exact) mass is 327 g/mol. The lowest BCUT2D eigenvalue weighted by Gasteiger charge is -2.14. The fraction of sp³-hybridized carbons (Fsp3) is 0.385. The van der Waals surface area contributed by atoms with Gasteiger partial charge in [0.1, 0.15) is 12.2 Å². The summed E-state index contributed by atoms with van der Waals surface area (Å²) in [5.74, 6) is 1.47. The third-order valence-corrected chi connectivity index (χ3v) is 4.25. The SMILES string of the molecule is Cn1ncnc1CC(CBr)Cc1ccccc1Cl. The molecule has 0 fully saturated rings. The summed E-state index contributed by atoms with van der Waals surface area (Å²) in [4.78, 5) is 4.27. The van der Waals surface area contributed by atoms with Crippen molar-refractivity contribution < 1.29 is 0 Å². The highest BCUT2D eigenvalue weighted by Crippen LogP contribution is 2.21. The smallest absolute Gasteiger partial charge is 0.138 e. The van der Waals surface area contributed by atoms with Crippen LogP contribution in [-0.4, -0.2) is 20.1 Å². The summed E-state index contributed by atoms with van der Waals surface area (Å²) >= 11 is 9.76. The Morgan fingerprint density at radius 1 is 1.33 bits per heavy atom. The molecule has 18 heavy (non-hydrogen) atoms. The van der Waals surface area contributed by atoms with Crippen molar-refractivity contribution in [2.75, 3.05) is 5.33 Å². The number of hydrogen-bond donors (Lipinski definition) is 0. The molecule has 1 aromatic carbocycles. The van der Waals surface area contributed by atoms with Crippen molar-refractivity contribution in [3.63, 3.8) is 0 Å². The molecular formula is C13H15BrClN3. The molecule has 0 N–H and O–H groups in total. The molecular weight excluding hydrogens is 314 g/mol. The van der Waals surface area contributed by atoms with E-state index in [-0.39, 0.29) is 0 Å². The summed E-state index contributed by atoms with van der Waals surface area (Å²) in [5, 5.41) is 5.85. The molecule has 0 aliphatic carbocycles. The Labute approximate surface area is 120 Å². The molecule has 0 bridgehead atoms. The first-order chi connectivity index (χ1) is 8.70. The summed E-state index contributed by atoms with van der Waals surface area (Å²) in [7, 11) is 1.92. The van der Waals surface area contributed by atoms with Crippen LogP contribution in [0.4, 0.5) is 0 Å². The number of aryl methyl sites for hydroxylation is 1. The van der Waals surface area contributed by atoms with Gasteiger partial charge in [0, 0.05) is 23.8 Å². The Kier molecular flexibility index (Phi) is 4.78. The first-order valence-corrected chi connectivity index (χ1v) is 7.33. The highest BCUT2D eigenvalue weighted by molar-refractivity contribution is 9.09. The topological polar surface area (TPSA) is 30.7 Å². The van der Waals surface area contributed by atoms with Gasteiger partial charge < -0.3 is 0 Å². The molecule has 0 amide bonds. The molecule has 1 heterocycles. The van der Waals surface area contributed by atoms with E-state index in [1.54, 1.807) is 6.33 Å². The molecule has 0 saturated carbocycles. The van der Waals surface area contributed by atoms with Crippen LogP contribution in [0.25, 0.3) is 0 Å². The summed E-state index contributed by atoms with van der Waals surface area (Å²) in [6.45, 7) is 0. The van der Waals surface area contributed by atoms with Gasteiger partial charge in [-0.3, -0.25) is 4.68 Å². The number of aromatic nitrogens is 3. The lowest BCUT2D eigenvalue weighted by atomic mass is 9.98. The number of benzene rings is 1. The third kappa shape index (κ3) is 3.33. The second-order valence-corrected chi connectivity index (χ2v) is 5.37. The van der Waals surface area contributed by atoms with Crippen LogP contribution in [0, 0.1) is 5.92 Å². The zero-order valence-electron chi connectivity index (χ0n) is 10.2. The molecule has 0 aliphatic heterocycles. The normalized spacial score (nSPS) is 12.6. The largest absolute Gasteiger partial charge is 0.253 e. The molecule has 0 spiro atoms. The quantitative estimate of drug-likeness (QED) is 0.789. The molecule has 96 valence electrons. The number of alkyl halides is 1. The van der Waals surface area contributed by atoms with E-state index < -0.39 is 0 Å². The van der Waals surface area contributed by atoms with E-state index in [4.69, 9.17) is 11.6 Å². The van der Waals surface area contributed by atoms with Crippen molar-refractivity contribution in [1.29, 1.82) is 0 Å². The number of rotatable bonds is 5. The fourth-order valence-corrected chi connectivity index (χ4v) is 2.59. The number of hydrogen-bond acceptors (Lipinski definition) is 2. The van der Waals surface area contributed by atoms with Crippen molar-refractivity contribution in [1.82, 2.24) is 14.8 Å². The maximum Gasteiger partial charge on any atom is 0.138 e. The van der Waals surface area contributed by atoms with E-state index in [1.807, 2.05) is 29.9 Å². The minimum atomic E-state index is 0.466. The van der Waals surface area contributed by atoms with E-state index >= 15 is 0 Å². The van der Waals surface area contributed by atoms with E-state index in [1.165, 1.54) is 5.56 Å². The van der Waals surface area contributed by atoms with Gasteiger partial charge in [0.25, 0.3) is 0 Å². The molecule has 1 unspecified atom stereocenters. The average molecular weight is 329 g/mol. The van der Waals surface area contributed by atoms with Crippen LogP contribution in [0.2, 0.25) is 5.02 Å². The maximum absolute atomic E-state index is 6.19. The third-order valence-electron chi connectivity index (χ3n) is 2.96. The predicted octanol–water partition coefficient (Wildman–Crippen LogP) is 3.26. The number of halogens is 2. The van der Waals surface area contributed by atoms with Gasteiger partial charge in [-0.2, -0.15) is 5.10 Å². The Morgan fingerprint density at radius 3 is 2.72 bits per heavy atom. The van der Waals surface area contributed by atoms with Crippen LogP contribution in [0.1, 0.15) is 11.4 Å². The first kappa shape index (κ1) is 13.6. The molecule has 1 aromatic heterocycles. The van der Waals surface area contributed by atoms with Gasteiger partial charge in [-0.25, -0.2) is 4.98 Å². The van der Waals surface area contributed by atoms with E-state index in [9.17, 15) is 0 Å². The standard InChI is InChI=1S/C13H15BrClN3/c1-18-13(16-9-17-18)7-10(8-14)6-11-4-2-3-5-12(11)15/h2-5,9-10H,6-8H2,1H3. The zero-order chi connectivity index (χ0) is 13.0. The van der Waals surface area contributed by atoms with Gasteiger partial charge in [-0.15, -0.1) is 0 Å². The lowest BCUT2D eigenvalue weighted by Crippen LogP contribution is -2.13. The van der Waals surface area contributed by atoms with Crippen LogP contribution in [0.3, 0.4) is 0 Å². The van der Waals surface area contributed by atoms with Crippen LogP contribution in [0.5, 0.6) is 0 Å². The summed E-state index contributed by atoms with van der Waals surface area (Å²) in [6, 6.07) is 7.99. The van der Waals surface area contributed by atoms with E-state index in [0.717, 1.165) is 29.0 Å². The average Bonchev–Trinajstić information content (AvgIpc) is 2.77. The van der Waals surface area contributed by atoms with Crippen LogP contribution in [-0.2, 0) is 19.9 Å². The van der Waals surface area contributed by atoms with Crippen LogP contribution >= 0.6 is 27.5 Å². The first-order valence-electron chi connectivity index (χ1n) is 5.83. The van der Waals surface area contributed by atoms with Gasteiger partial charge in [0.2, 0.25) is 0 Å². The lowest BCUT2D eigenvalue weighted by molar-refractivity contribution is 0.548. The molecule has 5 heteroatoms. The van der Waals surface area contributed by atoms with Crippen molar-refractivity contribution in [3.05, 3.63) is 47.0 Å². The highest BCUT2D eigenvalue weighted by atomic mass is 79.9. The second-order valence-electron chi connectivity index (χ2n) is 4.32. The molecule has 2 rings (SSSR count). The van der Waals surface area contributed by atoms with Gasteiger partial charge in [-0.05, 0) is 24.0 Å². The summed E-state index contributed by atoms with van der Waals surface area (Å²) in [6.07, 6.45) is 3.43. The molecule has 1 atom stereocenters. The maximum atomic E-state index is 6.19. The molecule has 3 nitrogen and oxygen atoms in total. The molecule has 0 aliphatic rings. The van der Waals surface area contributed by atoms with Crippen LogP contribution in [0.15, 0.2) is 30.6 Å². The van der Waals surface area contributed by atoms with Gasteiger partial charge in [-0.1, -0.05) is 45.7 Å². The van der Waals surface area contributed by atoms with Crippen molar-refractivity contribution in [3.8, 4) is 0 Å². The van der Waals surface area contributed by atoms with Crippen LogP contribution < -0.4 is 0 Å². The van der Waals surface area contributed by atoms with Crippen molar-refractivity contribution in [2.45, 2.75) is 12.8 Å². The Morgan fingerprint density at radius 2 is 2.11 bits per heavy atom. The Hall–Kier alpha value is -0.870. The second kappa shape index (κ2) is 6.34. The molecule has 0 saturated heterocycles. The molecule has 2 aromatic rings. The summed E-state index contributed by atoms with van der Waals surface area (Å²) < 4.78 is 1.82. The minimum absolute atomic E-state index is 0.466. The van der Waals surface area contributed by atoms with Gasteiger partial charge in [0.05, 0.1) is 0 Å². The molecule has 0 radical (unpaired) electrons. The minimum Gasteiger partial charge on any atom is -0.253 e. The van der Waals surface area contributed by atoms with E-state index in [2.05, 4.69) is 32.1 Å². The predicted molar refractivity (Wildman–Crippen MR) is 77.1 cm³/mol. The van der Waals surface area contributed by atoms with E-state index in [0.29, 0.717) is 5.92 Å². The Bertz CT molecular complexity index is 512.